The summed E-state index contributed by atoms with van der Waals surface area (Å²) in [7, 11) is -2.24. The lowest BCUT2D eigenvalue weighted by molar-refractivity contribution is 0.0292. The normalized spacial score (nSPS) is 19.1. The number of sulfone groups is 1. The maximum Gasteiger partial charge on any atom is 0.187 e. The molecule has 3 heterocycles. The van der Waals surface area contributed by atoms with E-state index in [-0.39, 0.29) is 28.2 Å². The number of hydrogen-bond acceptors (Lipinski definition) is 7. The number of ether oxygens (including phenoxy) is 2. The number of rotatable bonds is 5. The van der Waals surface area contributed by atoms with E-state index in [0.717, 1.165) is 30.8 Å². The zero-order valence-corrected chi connectivity index (χ0v) is 18.4. The lowest BCUT2D eigenvalue weighted by Gasteiger charge is -2.23. The number of benzene rings is 2. The number of aromatic nitrogens is 2. The van der Waals surface area contributed by atoms with E-state index < -0.39 is 9.84 Å². The van der Waals surface area contributed by atoms with Crippen LogP contribution in [0.3, 0.4) is 0 Å². The van der Waals surface area contributed by atoms with Crippen LogP contribution in [0, 0.1) is 0 Å². The highest BCUT2D eigenvalue weighted by atomic mass is 32.2. The molecule has 0 bridgehead atoms. The van der Waals surface area contributed by atoms with Gasteiger partial charge in [0.15, 0.2) is 16.1 Å². The Bertz CT molecular complexity index is 1280. The fourth-order valence-electron chi connectivity index (χ4n) is 4.40. The average molecular weight is 454 g/mol. The number of carbonyl (C=O) groups excluding carboxylic acids is 1. The van der Waals surface area contributed by atoms with E-state index in [0.29, 0.717) is 29.7 Å². The summed E-state index contributed by atoms with van der Waals surface area (Å²) in [5, 5.41) is 7.78. The van der Waals surface area contributed by atoms with Crippen molar-refractivity contribution in [1.82, 2.24) is 15.1 Å². The van der Waals surface area contributed by atoms with Gasteiger partial charge in [-0.3, -0.25) is 4.79 Å². The SMILES string of the molecule is COc1cccc2c1S(=O)(=O)Cc1c(C=O)nn(-c3ccc(CC4CNCCO4)cc3)c1-2. The minimum Gasteiger partial charge on any atom is -0.495 e. The summed E-state index contributed by atoms with van der Waals surface area (Å²) in [5.74, 6) is -0.0153. The molecule has 166 valence electrons. The first kappa shape index (κ1) is 20.9. The largest absolute Gasteiger partial charge is 0.495 e. The molecule has 1 aromatic heterocycles. The van der Waals surface area contributed by atoms with Crippen molar-refractivity contribution in [3.05, 3.63) is 59.3 Å². The van der Waals surface area contributed by atoms with Crippen LogP contribution in [0.5, 0.6) is 5.75 Å². The summed E-state index contributed by atoms with van der Waals surface area (Å²) < 4.78 is 38.8. The monoisotopic (exact) mass is 453 g/mol. The molecule has 9 heteroatoms. The summed E-state index contributed by atoms with van der Waals surface area (Å²) in [4.78, 5) is 11.9. The fourth-order valence-corrected chi connectivity index (χ4v) is 6.17. The number of morpholine rings is 1. The molecule has 1 fully saturated rings. The fraction of sp³-hybridized carbons (Fsp3) is 0.304. The molecular weight excluding hydrogens is 430 g/mol. The van der Waals surface area contributed by atoms with Gasteiger partial charge < -0.3 is 14.8 Å². The van der Waals surface area contributed by atoms with Gasteiger partial charge in [0, 0.05) is 24.2 Å². The Morgan fingerprint density at radius 1 is 1.25 bits per heavy atom. The van der Waals surface area contributed by atoms with E-state index in [2.05, 4.69) is 10.4 Å². The summed E-state index contributed by atoms with van der Waals surface area (Å²) in [6.07, 6.45) is 1.54. The molecule has 0 saturated carbocycles. The second-order valence-electron chi connectivity index (χ2n) is 7.91. The van der Waals surface area contributed by atoms with Gasteiger partial charge in [0.25, 0.3) is 0 Å². The quantitative estimate of drug-likeness (QED) is 0.591. The zero-order chi connectivity index (χ0) is 22.3. The van der Waals surface area contributed by atoms with E-state index in [9.17, 15) is 13.2 Å². The van der Waals surface area contributed by atoms with E-state index in [1.807, 2.05) is 24.3 Å². The molecule has 0 radical (unpaired) electrons. The molecule has 1 atom stereocenters. The molecular formula is C23H23N3O5S. The Balaban J connectivity index is 1.59. The number of nitrogens with one attached hydrogen (secondary N) is 1. The van der Waals surface area contributed by atoms with Crippen molar-refractivity contribution >= 4 is 16.1 Å². The Kier molecular flexibility index (Phi) is 5.32. The van der Waals surface area contributed by atoms with Crippen LogP contribution in [0.25, 0.3) is 16.9 Å². The minimum atomic E-state index is -3.68. The van der Waals surface area contributed by atoms with Gasteiger partial charge in [-0.05, 0) is 30.2 Å². The van der Waals surface area contributed by atoms with Crippen LogP contribution in [0.2, 0.25) is 0 Å². The number of fused-ring (bicyclic) bond motifs is 3. The number of methoxy groups -OCH3 is 1. The molecule has 0 spiro atoms. The van der Waals surface area contributed by atoms with Crippen molar-refractivity contribution in [3.8, 4) is 22.7 Å². The van der Waals surface area contributed by atoms with Gasteiger partial charge in [0.1, 0.15) is 16.3 Å². The number of hydrogen-bond donors (Lipinski definition) is 1. The van der Waals surface area contributed by atoms with Gasteiger partial charge in [0.05, 0.1) is 37.0 Å². The molecule has 2 aliphatic rings. The highest BCUT2D eigenvalue weighted by molar-refractivity contribution is 7.91. The molecule has 2 aliphatic heterocycles. The van der Waals surface area contributed by atoms with Crippen molar-refractivity contribution in [2.24, 2.45) is 0 Å². The third-order valence-electron chi connectivity index (χ3n) is 5.87. The lowest BCUT2D eigenvalue weighted by atomic mass is 10.0. The molecule has 1 saturated heterocycles. The van der Waals surface area contributed by atoms with Gasteiger partial charge in [-0.2, -0.15) is 5.10 Å². The third-order valence-corrected chi connectivity index (χ3v) is 7.59. The third kappa shape index (κ3) is 3.52. The Morgan fingerprint density at radius 3 is 2.75 bits per heavy atom. The predicted molar refractivity (Wildman–Crippen MR) is 118 cm³/mol. The van der Waals surface area contributed by atoms with E-state index >= 15 is 0 Å². The van der Waals surface area contributed by atoms with Crippen molar-refractivity contribution < 1.29 is 22.7 Å². The Hall–Kier alpha value is -3.01. The van der Waals surface area contributed by atoms with Gasteiger partial charge in [0.2, 0.25) is 0 Å². The van der Waals surface area contributed by atoms with Crippen molar-refractivity contribution in [2.45, 2.75) is 23.2 Å². The van der Waals surface area contributed by atoms with Crippen LogP contribution >= 0.6 is 0 Å². The van der Waals surface area contributed by atoms with Gasteiger partial charge in [-0.25, -0.2) is 13.1 Å². The molecule has 1 unspecified atom stereocenters. The van der Waals surface area contributed by atoms with E-state index in [1.165, 1.54) is 7.11 Å². The van der Waals surface area contributed by atoms with Gasteiger partial charge >= 0.3 is 0 Å². The van der Waals surface area contributed by atoms with Crippen molar-refractivity contribution in [3.63, 3.8) is 0 Å². The standard InChI is InChI=1S/C23H23N3O5S/c1-30-21-4-2-3-18-22-19(14-32(28,29)23(18)21)20(13-27)25-26(22)16-7-5-15(6-8-16)11-17-12-24-9-10-31-17/h2-8,13,17,24H,9-12,14H2,1H3. The number of aldehydes is 1. The molecule has 5 rings (SSSR count). The lowest BCUT2D eigenvalue weighted by Crippen LogP contribution is -2.39. The van der Waals surface area contributed by atoms with Crippen molar-refractivity contribution in [1.29, 1.82) is 0 Å². The predicted octanol–water partition coefficient (Wildman–Crippen LogP) is 2.18. The maximum atomic E-state index is 13.0. The molecule has 2 aromatic carbocycles. The summed E-state index contributed by atoms with van der Waals surface area (Å²) in [6, 6.07) is 13.0. The van der Waals surface area contributed by atoms with Crippen LogP contribution < -0.4 is 10.1 Å². The highest BCUT2D eigenvalue weighted by Crippen LogP contribution is 2.44. The first-order valence-electron chi connectivity index (χ1n) is 10.4. The molecule has 0 aliphatic carbocycles. The zero-order valence-electron chi connectivity index (χ0n) is 17.6. The highest BCUT2D eigenvalue weighted by Gasteiger charge is 2.36. The van der Waals surface area contributed by atoms with Crippen LogP contribution in [0.1, 0.15) is 21.6 Å². The molecule has 0 amide bonds. The van der Waals surface area contributed by atoms with Crippen molar-refractivity contribution in [2.75, 3.05) is 26.8 Å². The summed E-state index contributed by atoms with van der Waals surface area (Å²) >= 11 is 0. The second kappa shape index (κ2) is 8.16. The Labute approximate surface area is 186 Å². The molecule has 8 nitrogen and oxygen atoms in total. The topological polar surface area (TPSA) is 99.5 Å². The Morgan fingerprint density at radius 2 is 2.06 bits per heavy atom. The maximum absolute atomic E-state index is 13.0. The number of nitrogens with zero attached hydrogens (tertiary/aromatic N) is 2. The first-order valence-corrected chi connectivity index (χ1v) is 12.1. The van der Waals surface area contributed by atoms with E-state index in [4.69, 9.17) is 9.47 Å². The first-order chi connectivity index (χ1) is 15.5. The van der Waals surface area contributed by atoms with Crippen LogP contribution in [0.4, 0.5) is 0 Å². The van der Waals surface area contributed by atoms with Crippen LogP contribution in [-0.2, 0) is 26.7 Å². The summed E-state index contributed by atoms with van der Waals surface area (Å²) in [5.41, 5.74) is 3.49. The smallest absolute Gasteiger partial charge is 0.187 e. The van der Waals surface area contributed by atoms with Gasteiger partial charge in [-0.1, -0.05) is 24.3 Å². The van der Waals surface area contributed by atoms with Crippen LogP contribution in [-0.4, -0.2) is 57.4 Å². The molecule has 3 aromatic rings. The second-order valence-corrected chi connectivity index (χ2v) is 9.83. The average Bonchev–Trinajstić information content (AvgIpc) is 3.17. The summed E-state index contributed by atoms with van der Waals surface area (Å²) in [6.45, 7) is 2.41. The van der Waals surface area contributed by atoms with Crippen LogP contribution in [0.15, 0.2) is 47.4 Å². The van der Waals surface area contributed by atoms with Gasteiger partial charge in [-0.15, -0.1) is 0 Å². The minimum absolute atomic E-state index is 0.128. The number of carbonyl (C=O) groups is 1. The molecule has 1 N–H and O–H groups in total. The molecule has 32 heavy (non-hydrogen) atoms. The van der Waals surface area contributed by atoms with E-state index in [1.54, 1.807) is 22.9 Å².